The molecule has 1 atom stereocenters. The van der Waals surface area contributed by atoms with E-state index in [1.54, 1.807) is 20.8 Å². The molecular formula is C18H18BrN5O2. The van der Waals surface area contributed by atoms with E-state index in [0.717, 1.165) is 10.0 Å². The highest BCUT2D eigenvalue weighted by atomic mass is 79.9. The van der Waals surface area contributed by atoms with E-state index in [-0.39, 0.29) is 11.6 Å². The molecule has 3 aromatic rings. The van der Waals surface area contributed by atoms with Crippen LogP contribution >= 0.6 is 15.9 Å². The lowest BCUT2D eigenvalue weighted by Crippen LogP contribution is -2.20. The van der Waals surface area contributed by atoms with E-state index >= 15 is 0 Å². The molecule has 0 radical (unpaired) electrons. The Morgan fingerprint density at radius 2 is 1.85 bits per heavy atom. The summed E-state index contributed by atoms with van der Waals surface area (Å²) < 4.78 is 0.955. The largest absolute Gasteiger partial charge is 0.355 e. The standard InChI is InChI=1S/C18H18BrN5O2/c1-9-15(12(4)25)10(2)20-16(9)17(26)11(3)24-22-18(21-23-24)13-5-7-14(19)8-6-13/h5-8,11,20H,1-4H3/t11-/m1/s1. The number of Topliss-reactive ketones (excluding diaryl/α,β-unsaturated/α-hetero) is 2. The van der Waals surface area contributed by atoms with Gasteiger partial charge in [-0.2, -0.15) is 4.80 Å². The quantitative estimate of drug-likeness (QED) is 0.641. The number of carbonyl (C=O) groups excluding carboxylic acids is 2. The Hall–Kier alpha value is -2.61. The minimum absolute atomic E-state index is 0.0700. The van der Waals surface area contributed by atoms with Gasteiger partial charge in [0, 0.05) is 21.3 Å². The number of ketones is 2. The highest BCUT2D eigenvalue weighted by Gasteiger charge is 2.26. The van der Waals surface area contributed by atoms with E-state index in [4.69, 9.17) is 0 Å². The maximum atomic E-state index is 12.9. The third-order valence-corrected chi connectivity index (χ3v) is 4.82. The van der Waals surface area contributed by atoms with Gasteiger partial charge in [0.05, 0.1) is 5.69 Å². The number of tetrazole rings is 1. The summed E-state index contributed by atoms with van der Waals surface area (Å²) in [5, 5.41) is 12.4. The van der Waals surface area contributed by atoms with E-state index in [0.29, 0.717) is 28.3 Å². The van der Waals surface area contributed by atoms with Crippen LogP contribution in [0, 0.1) is 13.8 Å². The number of aryl methyl sites for hydroxylation is 1. The van der Waals surface area contributed by atoms with Crippen molar-refractivity contribution in [2.24, 2.45) is 0 Å². The average molecular weight is 416 g/mol. The zero-order chi connectivity index (χ0) is 19.0. The zero-order valence-corrected chi connectivity index (χ0v) is 16.5. The summed E-state index contributed by atoms with van der Waals surface area (Å²) in [7, 11) is 0. The monoisotopic (exact) mass is 415 g/mol. The molecule has 2 heterocycles. The smallest absolute Gasteiger partial charge is 0.205 e. The molecule has 0 bridgehead atoms. The molecule has 0 aliphatic rings. The van der Waals surface area contributed by atoms with Crippen molar-refractivity contribution < 1.29 is 9.59 Å². The van der Waals surface area contributed by atoms with Gasteiger partial charge in [0.25, 0.3) is 0 Å². The van der Waals surface area contributed by atoms with E-state index < -0.39 is 6.04 Å². The number of nitrogens with one attached hydrogen (secondary N) is 1. The van der Waals surface area contributed by atoms with Gasteiger partial charge >= 0.3 is 0 Å². The van der Waals surface area contributed by atoms with Crippen molar-refractivity contribution in [3.05, 3.63) is 51.3 Å². The fourth-order valence-corrected chi connectivity index (χ4v) is 3.21. The van der Waals surface area contributed by atoms with Gasteiger partial charge < -0.3 is 4.98 Å². The van der Waals surface area contributed by atoms with Crippen molar-refractivity contribution in [1.82, 2.24) is 25.2 Å². The molecule has 0 aliphatic carbocycles. The molecule has 134 valence electrons. The molecule has 1 N–H and O–H groups in total. The van der Waals surface area contributed by atoms with Crippen LogP contribution in [0.1, 0.15) is 52.0 Å². The molecule has 0 saturated carbocycles. The fourth-order valence-electron chi connectivity index (χ4n) is 2.94. The highest BCUT2D eigenvalue weighted by Crippen LogP contribution is 2.23. The third kappa shape index (κ3) is 3.24. The van der Waals surface area contributed by atoms with E-state index in [2.05, 4.69) is 36.3 Å². The number of nitrogens with zero attached hydrogens (tertiary/aromatic N) is 4. The Kier molecular flexibility index (Phi) is 4.86. The summed E-state index contributed by atoms with van der Waals surface area (Å²) in [5.74, 6) is 0.179. The number of hydrogen-bond acceptors (Lipinski definition) is 5. The van der Waals surface area contributed by atoms with Crippen molar-refractivity contribution in [1.29, 1.82) is 0 Å². The van der Waals surface area contributed by atoms with Crippen LogP contribution in [-0.4, -0.2) is 36.8 Å². The van der Waals surface area contributed by atoms with E-state index in [9.17, 15) is 9.59 Å². The summed E-state index contributed by atoms with van der Waals surface area (Å²) in [4.78, 5) is 29.0. The number of halogens is 1. The summed E-state index contributed by atoms with van der Waals surface area (Å²) in [5.41, 5.74) is 3.11. The number of aromatic nitrogens is 5. The minimum atomic E-state index is -0.650. The van der Waals surface area contributed by atoms with Gasteiger partial charge in [-0.3, -0.25) is 9.59 Å². The molecule has 0 aliphatic heterocycles. The molecule has 0 amide bonds. The minimum Gasteiger partial charge on any atom is -0.355 e. The molecule has 0 fully saturated rings. The Morgan fingerprint density at radius 1 is 1.19 bits per heavy atom. The number of hydrogen-bond donors (Lipinski definition) is 1. The average Bonchev–Trinajstić information content (AvgIpc) is 3.19. The van der Waals surface area contributed by atoms with Crippen LogP contribution < -0.4 is 0 Å². The first-order chi connectivity index (χ1) is 12.3. The van der Waals surface area contributed by atoms with Crippen LogP contribution in [0.15, 0.2) is 28.7 Å². The second kappa shape index (κ2) is 6.95. The number of aromatic amines is 1. The Labute approximate surface area is 158 Å². The number of carbonyl (C=O) groups is 2. The topological polar surface area (TPSA) is 93.5 Å². The van der Waals surface area contributed by atoms with Crippen molar-refractivity contribution >= 4 is 27.5 Å². The molecular weight excluding hydrogens is 398 g/mol. The first-order valence-corrected chi connectivity index (χ1v) is 8.88. The lowest BCUT2D eigenvalue weighted by molar-refractivity contribution is 0.0912. The van der Waals surface area contributed by atoms with Gasteiger partial charge in [-0.25, -0.2) is 0 Å². The predicted molar refractivity (Wildman–Crippen MR) is 100 cm³/mol. The Bertz CT molecular complexity index is 988. The SMILES string of the molecule is CC(=O)c1c(C)[nH]c(C(=O)[C@@H](C)n2nnc(-c3ccc(Br)cc3)n2)c1C. The molecule has 3 rings (SSSR count). The Balaban J connectivity index is 1.89. The molecule has 0 unspecified atom stereocenters. The van der Waals surface area contributed by atoms with Crippen LogP contribution in [0.2, 0.25) is 0 Å². The molecule has 1 aromatic carbocycles. The van der Waals surface area contributed by atoms with Crippen molar-refractivity contribution in [2.45, 2.75) is 33.7 Å². The second-order valence-corrected chi connectivity index (χ2v) is 7.08. The van der Waals surface area contributed by atoms with Gasteiger partial charge in [0.1, 0.15) is 6.04 Å². The lowest BCUT2D eigenvalue weighted by atomic mass is 10.0. The predicted octanol–water partition coefficient (Wildman–Crippen LogP) is 3.69. The third-order valence-electron chi connectivity index (χ3n) is 4.29. The molecule has 0 saturated heterocycles. The summed E-state index contributed by atoms with van der Waals surface area (Å²) in [6, 6.07) is 6.87. The molecule has 0 spiro atoms. The maximum Gasteiger partial charge on any atom is 0.205 e. The Morgan fingerprint density at radius 3 is 2.42 bits per heavy atom. The normalized spacial score (nSPS) is 12.2. The molecule has 2 aromatic heterocycles. The van der Waals surface area contributed by atoms with Crippen molar-refractivity contribution in [3.8, 4) is 11.4 Å². The van der Waals surface area contributed by atoms with Crippen LogP contribution in [0.25, 0.3) is 11.4 Å². The first kappa shape index (κ1) is 18.2. The first-order valence-electron chi connectivity index (χ1n) is 8.09. The van der Waals surface area contributed by atoms with Gasteiger partial charge in [-0.05, 0) is 62.7 Å². The number of benzene rings is 1. The lowest BCUT2D eigenvalue weighted by Gasteiger charge is -2.08. The maximum absolute atomic E-state index is 12.9. The second-order valence-electron chi connectivity index (χ2n) is 6.16. The van der Waals surface area contributed by atoms with Crippen molar-refractivity contribution in [2.75, 3.05) is 0 Å². The zero-order valence-electron chi connectivity index (χ0n) is 14.9. The summed E-state index contributed by atoms with van der Waals surface area (Å²) >= 11 is 3.38. The van der Waals surface area contributed by atoms with Gasteiger partial charge in [0.2, 0.25) is 11.6 Å². The summed E-state index contributed by atoms with van der Waals surface area (Å²) in [6.45, 7) is 6.75. The van der Waals surface area contributed by atoms with E-state index in [1.165, 1.54) is 11.7 Å². The van der Waals surface area contributed by atoms with Gasteiger partial charge in [-0.15, -0.1) is 10.2 Å². The van der Waals surface area contributed by atoms with Crippen LogP contribution in [-0.2, 0) is 0 Å². The molecule has 26 heavy (non-hydrogen) atoms. The highest BCUT2D eigenvalue weighted by molar-refractivity contribution is 9.10. The fraction of sp³-hybridized carbons (Fsp3) is 0.278. The van der Waals surface area contributed by atoms with Crippen LogP contribution in [0.3, 0.4) is 0 Å². The van der Waals surface area contributed by atoms with Crippen LogP contribution in [0.5, 0.6) is 0 Å². The van der Waals surface area contributed by atoms with Crippen molar-refractivity contribution in [3.63, 3.8) is 0 Å². The number of rotatable bonds is 5. The summed E-state index contributed by atoms with van der Waals surface area (Å²) in [6.07, 6.45) is 0. The number of H-pyrrole nitrogens is 1. The van der Waals surface area contributed by atoms with Gasteiger partial charge in [-0.1, -0.05) is 15.9 Å². The van der Waals surface area contributed by atoms with E-state index in [1.807, 2.05) is 24.3 Å². The van der Waals surface area contributed by atoms with Crippen LogP contribution in [0.4, 0.5) is 0 Å². The molecule has 8 heteroatoms. The van der Waals surface area contributed by atoms with Gasteiger partial charge in [0.15, 0.2) is 5.78 Å². The molecule has 7 nitrogen and oxygen atoms in total.